The Morgan fingerprint density at radius 3 is 2.52 bits per heavy atom. The molecule has 0 saturated carbocycles. The lowest BCUT2D eigenvalue weighted by Crippen LogP contribution is -2.28. The van der Waals surface area contributed by atoms with E-state index in [1.807, 2.05) is 13.8 Å². The monoisotopic (exact) mass is 319 g/mol. The summed E-state index contributed by atoms with van der Waals surface area (Å²) in [4.78, 5) is 10.4. The Hall–Kier alpha value is -1.41. The highest BCUT2D eigenvalue weighted by molar-refractivity contribution is 7.18. The summed E-state index contributed by atoms with van der Waals surface area (Å²) in [6.45, 7) is 4.64. The van der Waals surface area contributed by atoms with Gasteiger partial charge in [-0.1, -0.05) is 0 Å². The van der Waals surface area contributed by atoms with Crippen LogP contribution < -0.4 is 5.32 Å². The van der Waals surface area contributed by atoms with Crippen LogP contribution in [0.5, 0.6) is 0 Å². The summed E-state index contributed by atoms with van der Waals surface area (Å²) in [5.74, 6) is 0.851. The molecule has 0 saturated heterocycles. The number of hydrogen-bond acceptors (Lipinski definition) is 5. The summed E-state index contributed by atoms with van der Waals surface area (Å²) in [6, 6.07) is 0. The highest BCUT2D eigenvalue weighted by atomic mass is 32.1. The number of aromatic nitrogens is 2. The minimum atomic E-state index is -4.38. The Morgan fingerprint density at radius 2 is 1.95 bits per heavy atom. The zero-order chi connectivity index (χ0) is 15.8. The second kappa shape index (κ2) is 5.76. The molecule has 1 N–H and O–H groups in total. The predicted octanol–water partition coefficient (Wildman–Crippen LogP) is 3.82. The minimum absolute atomic E-state index is 0.240. The number of thiophene rings is 1. The van der Waals surface area contributed by atoms with Crippen molar-refractivity contribution in [3.05, 3.63) is 16.3 Å². The van der Waals surface area contributed by atoms with Gasteiger partial charge in [0.15, 0.2) is 11.9 Å². The first kappa shape index (κ1) is 16.0. The second-order valence-electron chi connectivity index (χ2n) is 4.70. The Balaban J connectivity index is 2.30. The van der Waals surface area contributed by atoms with E-state index in [9.17, 15) is 13.2 Å². The summed E-state index contributed by atoms with van der Waals surface area (Å²) in [5, 5.41) is 3.87. The van der Waals surface area contributed by atoms with Crippen molar-refractivity contribution in [3.8, 4) is 0 Å². The van der Waals surface area contributed by atoms with E-state index in [-0.39, 0.29) is 12.4 Å². The fourth-order valence-electron chi connectivity index (χ4n) is 1.83. The lowest BCUT2D eigenvalue weighted by Gasteiger charge is -2.16. The molecule has 21 heavy (non-hydrogen) atoms. The number of anilines is 1. The first-order valence-electron chi connectivity index (χ1n) is 6.36. The molecule has 1 atom stereocenters. The molecule has 0 radical (unpaired) electrons. The fourth-order valence-corrected chi connectivity index (χ4v) is 2.88. The van der Waals surface area contributed by atoms with Crippen molar-refractivity contribution >= 4 is 27.4 Å². The van der Waals surface area contributed by atoms with Crippen LogP contribution in [0.15, 0.2) is 0 Å². The molecule has 4 nitrogen and oxygen atoms in total. The normalized spacial score (nSPS) is 13.7. The third-order valence-electron chi connectivity index (χ3n) is 3.24. The first-order valence-corrected chi connectivity index (χ1v) is 7.18. The van der Waals surface area contributed by atoms with Gasteiger partial charge in [0.25, 0.3) is 0 Å². The number of alkyl halides is 3. The van der Waals surface area contributed by atoms with Gasteiger partial charge in [0.05, 0.1) is 5.39 Å². The van der Waals surface area contributed by atoms with Crippen LogP contribution in [0.2, 0.25) is 0 Å². The topological polar surface area (TPSA) is 47.0 Å². The molecule has 2 aromatic heterocycles. The number of hydrogen-bond donors (Lipinski definition) is 1. The van der Waals surface area contributed by atoms with E-state index in [0.29, 0.717) is 5.82 Å². The number of nitrogens with one attached hydrogen (secondary N) is 1. The first-order chi connectivity index (χ1) is 9.74. The number of fused-ring (bicyclic) bond motifs is 1. The van der Waals surface area contributed by atoms with Crippen molar-refractivity contribution in [2.45, 2.75) is 39.7 Å². The van der Waals surface area contributed by atoms with Crippen LogP contribution in [0.25, 0.3) is 10.2 Å². The Labute approximate surface area is 124 Å². The zero-order valence-electron chi connectivity index (χ0n) is 12.1. The maximum Gasteiger partial charge on any atom is 0.414 e. The van der Waals surface area contributed by atoms with E-state index in [0.717, 1.165) is 27.6 Å². The summed E-state index contributed by atoms with van der Waals surface area (Å²) in [5.41, 5.74) is 1.08. The Bertz CT molecular complexity index is 654. The molecule has 0 aromatic carbocycles. The van der Waals surface area contributed by atoms with Crippen LogP contribution >= 0.6 is 11.3 Å². The molecule has 2 aromatic rings. The SMILES string of the molecule is CNc1nc(COC(C)C(F)(F)F)nc2sc(C)c(C)c12. The lowest BCUT2D eigenvalue weighted by molar-refractivity contribution is -0.217. The van der Waals surface area contributed by atoms with Gasteiger partial charge in [0, 0.05) is 11.9 Å². The van der Waals surface area contributed by atoms with Gasteiger partial charge in [0.2, 0.25) is 0 Å². The van der Waals surface area contributed by atoms with Gasteiger partial charge in [-0.3, -0.25) is 0 Å². The molecule has 0 bridgehead atoms. The number of nitrogens with zero attached hydrogens (tertiary/aromatic N) is 2. The predicted molar refractivity (Wildman–Crippen MR) is 76.7 cm³/mol. The molecule has 0 aliphatic rings. The van der Waals surface area contributed by atoms with Gasteiger partial charge in [-0.25, -0.2) is 9.97 Å². The van der Waals surface area contributed by atoms with Crippen molar-refractivity contribution in [3.63, 3.8) is 0 Å². The van der Waals surface area contributed by atoms with Crippen LogP contribution in [0.3, 0.4) is 0 Å². The average molecular weight is 319 g/mol. The highest BCUT2D eigenvalue weighted by Crippen LogP contribution is 2.33. The number of ether oxygens (including phenoxy) is 1. The van der Waals surface area contributed by atoms with Crippen molar-refractivity contribution in [2.24, 2.45) is 0 Å². The maximum atomic E-state index is 12.4. The molecule has 2 rings (SSSR count). The van der Waals surface area contributed by atoms with E-state index >= 15 is 0 Å². The number of aryl methyl sites for hydroxylation is 2. The summed E-state index contributed by atoms with van der Waals surface area (Å²) >= 11 is 1.49. The maximum absolute atomic E-state index is 12.4. The summed E-state index contributed by atoms with van der Waals surface area (Å²) in [7, 11) is 1.72. The number of rotatable bonds is 4. The van der Waals surface area contributed by atoms with Crippen LogP contribution in [0, 0.1) is 13.8 Å². The zero-order valence-corrected chi connectivity index (χ0v) is 12.9. The molecule has 2 heterocycles. The van der Waals surface area contributed by atoms with Crippen LogP contribution in [-0.2, 0) is 11.3 Å². The molecule has 0 aliphatic carbocycles. The third kappa shape index (κ3) is 3.26. The molecular formula is C13H16F3N3OS. The van der Waals surface area contributed by atoms with Gasteiger partial charge in [-0.15, -0.1) is 11.3 Å². The van der Waals surface area contributed by atoms with Gasteiger partial charge in [-0.2, -0.15) is 13.2 Å². The van der Waals surface area contributed by atoms with Crippen molar-refractivity contribution in [1.82, 2.24) is 9.97 Å². The standard InChI is InChI=1S/C13H16F3N3OS/c1-6-7(2)21-12-10(6)11(17-4)18-9(19-12)5-20-8(3)13(14,15)16/h8H,5H2,1-4H3,(H,17,18,19). The van der Waals surface area contributed by atoms with Crippen molar-refractivity contribution in [2.75, 3.05) is 12.4 Å². The van der Waals surface area contributed by atoms with Crippen LogP contribution in [-0.4, -0.2) is 29.3 Å². The van der Waals surface area contributed by atoms with E-state index in [2.05, 4.69) is 15.3 Å². The largest absolute Gasteiger partial charge is 0.414 e. The van der Waals surface area contributed by atoms with Gasteiger partial charge < -0.3 is 10.1 Å². The quantitative estimate of drug-likeness (QED) is 0.931. The smallest absolute Gasteiger partial charge is 0.372 e. The van der Waals surface area contributed by atoms with Crippen LogP contribution in [0.4, 0.5) is 19.0 Å². The van der Waals surface area contributed by atoms with Crippen molar-refractivity contribution in [1.29, 1.82) is 0 Å². The minimum Gasteiger partial charge on any atom is -0.372 e. The summed E-state index contributed by atoms with van der Waals surface area (Å²) in [6.07, 6.45) is -6.23. The molecule has 116 valence electrons. The van der Waals surface area contributed by atoms with E-state index in [1.165, 1.54) is 11.3 Å². The Morgan fingerprint density at radius 1 is 1.29 bits per heavy atom. The van der Waals surface area contributed by atoms with E-state index < -0.39 is 12.3 Å². The second-order valence-corrected chi connectivity index (χ2v) is 5.90. The summed E-state index contributed by atoms with van der Waals surface area (Å²) < 4.78 is 42.1. The Kier molecular flexibility index (Phi) is 4.38. The molecule has 0 spiro atoms. The van der Waals surface area contributed by atoms with Crippen LogP contribution in [0.1, 0.15) is 23.2 Å². The van der Waals surface area contributed by atoms with E-state index in [1.54, 1.807) is 7.05 Å². The molecular weight excluding hydrogens is 303 g/mol. The molecule has 0 aliphatic heterocycles. The molecule has 0 fully saturated rings. The molecule has 0 amide bonds. The molecule has 1 unspecified atom stereocenters. The van der Waals surface area contributed by atoms with Gasteiger partial charge >= 0.3 is 6.18 Å². The number of halogens is 3. The molecule has 8 heteroatoms. The van der Waals surface area contributed by atoms with Gasteiger partial charge in [0.1, 0.15) is 17.3 Å². The fraction of sp³-hybridized carbons (Fsp3) is 0.538. The lowest BCUT2D eigenvalue weighted by atomic mass is 10.2. The van der Waals surface area contributed by atoms with Gasteiger partial charge in [-0.05, 0) is 26.3 Å². The van der Waals surface area contributed by atoms with E-state index in [4.69, 9.17) is 4.74 Å². The third-order valence-corrected chi connectivity index (χ3v) is 4.34. The van der Waals surface area contributed by atoms with Crippen molar-refractivity contribution < 1.29 is 17.9 Å². The highest BCUT2D eigenvalue weighted by Gasteiger charge is 2.37. The average Bonchev–Trinajstić information content (AvgIpc) is 2.69.